The lowest BCUT2D eigenvalue weighted by Crippen LogP contribution is -2.43. The summed E-state index contributed by atoms with van der Waals surface area (Å²) in [5.41, 5.74) is 0.599. The van der Waals surface area contributed by atoms with Gasteiger partial charge in [-0.05, 0) is 50.8 Å². The highest BCUT2D eigenvalue weighted by Gasteiger charge is 2.35. The predicted molar refractivity (Wildman–Crippen MR) is 123 cm³/mol. The molecular weight excluding hydrogens is 462 g/mol. The average Bonchev–Trinajstić information content (AvgIpc) is 3.40. The Bertz CT molecular complexity index is 1250. The van der Waals surface area contributed by atoms with Crippen LogP contribution in [-0.4, -0.2) is 46.8 Å². The summed E-state index contributed by atoms with van der Waals surface area (Å²) in [6.45, 7) is 2.31. The molecule has 1 aliphatic heterocycles. The van der Waals surface area contributed by atoms with Gasteiger partial charge in [0.1, 0.15) is 0 Å². The molecule has 1 aliphatic carbocycles. The number of carbonyl (C=O) groups is 1. The molecule has 33 heavy (non-hydrogen) atoms. The van der Waals surface area contributed by atoms with E-state index in [0.29, 0.717) is 52.5 Å². The molecule has 0 spiro atoms. The zero-order valence-electron chi connectivity index (χ0n) is 18.2. The summed E-state index contributed by atoms with van der Waals surface area (Å²) >= 11 is 1.34. The number of nitrogens with one attached hydrogen (secondary N) is 1. The van der Waals surface area contributed by atoms with Crippen LogP contribution in [0.1, 0.15) is 48.8 Å². The molecule has 5 rings (SSSR count). The van der Waals surface area contributed by atoms with Crippen molar-refractivity contribution in [2.24, 2.45) is 5.92 Å². The van der Waals surface area contributed by atoms with E-state index in [1.165, 1.54) is 22.1 Å². The van der Waals surface area contributed by atoms with Gasteiger partial charge in [0.2, 0.25) is 27.6 Å². The van der Waals surface area contributed by atoms with E-state index in [4.69, 9.17) is 4.52 Å². The number of pyridine rings is 1. The molecule has 2 fully saturated rings. The fourth-order valence-electron chi connectivity index (χ4n) is 4.18. The summed E-state index contributed by atoms with van der Waals surface area (Å²) in [7, 11) is -3.76. The second-order valence-corrected chi connectivity index (χ2v) is 11.7. The number of aromatic nitrogens is 3. The highest BCUT2D eigenvalue weighted by molar-refractivity contribution is 7.89. The fraction of sp³-hybridized carbons (Fsp3) is 0.455. The van der Waals surface area contributed by atoms with Crippen LogP contribution in [-0.2, 0) is 14.8 Å². The van der Waals surface area contributed by atoms with Gasteiger partial charge >= 0.3 is 0 Å². The number of hydrogen-bond acceptors (Lipinski definition) is 8. The van der Waals surface area contributed by atoms with E-state index in [1.807, 2.05) is 0 Å². The molecule has 1 saturated heterocycles. The lowest BCUT2D eigenvalue weighted by atomic mass is 9.85. The van der Waals surface area contributed by atoms with Gasteiger partial charge in [-0.3, -0.25) is 9.78 Å². The van der Waals surface area contributed by atoms with E-state index in [0.717, 1.165) is 12.8 Å². The summed E-state index contributed by atoms with van der Waals surface area (Å²) in [6, 6.07) is 5.12. The summed E-state index contributed by atoms with van der Waals surface area (Å²) in [6.07, 6.45) is 7.73. The number of thiophene rings is 1. The van der Waals surface area contributed by atoms with Crippen molar-refractivity contribution in [3.8, 4) is 10.7 Å². The molecule has 1 N–H and O–H groups in total. The van der Waals surface area contributed by atoms with Crippen LogP contribution in [0.15, 0.2) is 40.0 Å². The van der Waals surface area contributed by atoms with Crippen molar-refractivity contribution in [1.82, 2.24) is 19.4 Å². The number of aryl methyl sites for hydroxylation is 1. The number of carbonyl (C=O) groups excluding carboxylic acids is 1. The number of amides is 1. The van der Waals surface area contributed by atoms with Crippen LogP contribution in [0.5, 0.6) is 0 Å². The lowest BCUT2D eigenvalue weighted by molar-refractivity contribution is -0.120. The van der Waals surface area contributed by atoms with Crippen molar-refractivity contribution < 1.29 is 17.7 Å². The van der Waals surface area contributed by atoms with Crippen LogP contribution >= 0.6 is 11.3 Å². The quantitative estimate of drug-likeness (QED) is 0.562. The van der Waals surface area contributed by atoms with Crippen molar-refractivity contribution >= 4 is 33.0 Å². The second kappa shape index (κ2) is 8.96. The van der Waals surface area contributed by atoms with Crippen molar-refractivity contribution in [1.29, 1.82) is 0 Å². The summed E-state index contributed by atoms with van der Waals surface area (Å²) in [5.74, 6) is 0.762. The maximum absolute atomic E-state index is 13.5. The van der Waals surface area contributed by atoms with Crippen LogP contribution in [0.4, 0.5) is 5.69 Å². The third kappa shape index (κ3) is 4.44. The van der Waals surface area contributed by atoms with Crippen LogP contribution in [0.2, 0.25) is 0 Å². The van der Waals surface area contributed by atoms with Gasteiger partial charge in [0, 0.05) is 30.1 Å². The predicted octanol–water partition coefficient (Wildman–Crippen LogP) is 3.81. The minimum atomic E-state index is -3.76. The van der Waals surface area contributed by atoms with Crippen LogP contribution in [0, 0.1) is 12.8 Å². The van der Waals surface area contributed by atoms with Gasteiger partial charge in [0.15, 0.2) is 0 Å². The maximum atomic E-state index is 13.5. The number of sulfonamides is 1. The number of anilines is 1. The van der Waals surface area contributed by atoms with Gasteiger partial charge in [-0.1, -0.05) is 11.6 Å². The van der Waals surface area contributed by atoms with Crippen molar-refractivity contribution in [3.63, 3.8) is 0 Å². The minimum absolute atomic E-state index is 0.146. The fourth-order valence-corrected chi connectivity index (χ4v) is 7.19. The summed E-state index contributed by atoms with van der Waals surface area (Å²) < 4.78 is 33.8. The first-order valence-electron chi connectivity index (χ1n) is 11.1. The molecule has 0 bridgehead atoms. The van der Waals surface area contributed by atoms with E-state index < -0.39 is 15.9 Å². The monoisotopic (exact) mass is 487 g/mol. The molecule has 3 aromatic rings. The van der Waals surface area contributed by atoms with Crippen LogP contribution in [0.25, 0.3) is 10.7 Å². The molecule has 2 aliphatic rings. The Morgan fingerprint density at radius 2 is 2.12 bits per heavy atom. The molecule has 1 amide bonds. The molecule has 174 valence electrons. The molecule has 11 heteroatoms. The first-order chi connectivity index (χ1) is 15.9. The Balaban J connectivity index is 1.32. The van der Waals surface area contributed by atoms with E-state index >= 15 is 0 Å². The van der Waals surface area contributed by atoms with E-state index in [9.17, 15) is 13.2 Å². The van der Waals surface area contributed by atoms with Gasteiger partial charge < -0.3 is 9.84 Å². The topological polar surface area (TPSA) is 118 Å². The molecule has 9 nitrogen and oxygen atoms in total. The molecule has 1 atom stereocenters. The SMILES string of the molecule is Cc1sc(-c2noc(C3CCC3)n2)cc1S(=O)(=O)N1CCC[C@H](C(=O)Nc2cccnc2)C1. The first kappa shape index (κ1) is 22.2. The molecule has 0 unspecified atom stereocenters. The largest absolute Gasteiger partial charge is 0.339 e. The maximum Gasteiger partial charge on any atom is 0.244 e. The van der Waals surface area contributed by atoms with Gasteiger partial charge in [-0.25, -0.2) is 8.42 Å². The number of piperidine rings is 1. The highest BCUT2D eigenvalue weighted by atomic mass is 32.2. The third-order valence-corrected chi connectivity index (χ3v) is 9.46. The zero-order chi connectivity index (χ0) is 23.0. The Hall–Kier alpha value is -2.63. The molecule has 4 heterocycles. The number of nitrogens with zero attached hydrogens (tertiary/aromatic N) is 4. The summed E-state index contributed by atoms with van der Waals surface area (Å²) in [4.78, 5) is 22.8. The molecule has 0 radical (unpaired) electrons. The molecular formula is C22H25N5O4S2. The highest BCUT2D eigenvalue weighted by Crippen LogP contribution is 2.38. The smallest absolute Gasteiger partial charge is 0.244 e. The minimum Gasteiger partial charge on any atom is -0.339 e. The lowest BCUT2D eigenvalue weighted by Gasteiger charge is -2.31. The van der Waals surface area contributed by atoms with Gasteiger partial charge in [0.25, 0.3) is 0 Å². The molecule has 3 aromatic heterocycles. The van der Waals surface area contributed by atoms with Crippen molar-refractivity contribution in [2.75, 3.05) is 18.4 Å². The Kier molecular flexibility index (Phi) is 6.02. The Morgan fingerprint density at radius 3 is 2.85 bits per heavy atom. The van der Waals surface area contributed by atoms with E-state index in [-0.39, 0.29) is 17.3 Å². The Morgan fingerprint density at radius 1 is 1.27 bits per heavy atom. The van der Waals surface area contributed by atoms with Crippen LogP contribution in [0.3, 0.4) is 0 Å². The summed E-state index contributed by atoms with van der Waals surface area (Å²) in [5, 5.41) is 6.90. The number of hydrogen-bond donors (Lipinski definition) is 1. The van der Waals surface area contributed by atoms with E-state index in [2.05, 4.69) is 20.4 Å². The second-order valence-electron chi connectivity index (χ2n) is 8.55. The van der Waals surface area contributed by atoms with E-state index in [1.54, 1.807) is 37.5 Å². The normalized spacial score (nSPS) is 19.8. The Labute approximate surface area is 196 Å². The van der Waals surface area contributed by atoms with Gasteiger partial charge in [-0.2, -0.15) is 9.29 Å². The van der Waals surface area contributed by atoms with Gasteiger partial charge in [-0.15, -0.1) is 11.3 Å². The van der Waals surface area contributed by atoms with Gasteiger partial charge in [0.05, 0.1) is 27.6 Å². The third-order valence-electron chi connectivity index (χ3n) is 6.29. The molecule has 0 aromatic carbocycles. The van der Waals surface area contributed by atoms with Crippen molar-refractivity contribution in [3.05, 3.63) is 41.4 Å². The first-order valence-corrected chi connectivity index (χ1v) is 13.3. The average molecular weight is 488 g/mol. The standard InChI is InChI=1S/C22H25N5O4S2/c1-14-19(11-18(32-14)20-25-22(31-26-20)15-5-2-6-15)33(29,30)27-10-4-7-16(13-27)21(28)24-17-8-3-9-23-12-17/h3,8-9,11-12,15-16H,2,4-7,10,13H2,1H3,(H,24,28)/t16-/m0/s1. The van der Waals surface area contributed by atoms with Crippen molar-refractivity contribution in [2.45, 2.75) is 49.8 Å². The van der Waals surface area contributed by atoms with Crippen LogP contribution < -0.4 is 5.32 Å². The molecule has 1 saturated carbocycles. The number of rotatable bonds is 6. The zero-order valence-corrected chi connectivity index (χ0v) is 19.9.